The first-order chi connectivity index (χ1) is 13.3. The average molecular weight is 392 g/mol. The number of aliphatic hydroxyl groups is 1. The summed E-state index contributed by atoms with van der Waals surface area (Å²) in [6.07, 6.45) is 0.963. The van der Waals surface area contributed by atoms with Crippen LogP contribution in [0.4, 0.5) is 4.39 Å². The first kappa shape index (κ1) is 21.7. The predicted octanol–water partition coefficient (Wildman–Crippen LogP) is 2.61. The van der Waals surface area contributed by atoms with Crippen molar-refractivity contribution >= 4 is 5.96 Å². The first-order valence-electron chi connectivity index (χ1n) is 9.31. The first-order valence-corrected chi connectivity index (χ1v) is 9.31. The van der Waals surface area contributed by atoms with Gasteiger partial charge in [0.1, 0.15) is 36.6 Å². The number of rotatable bonds is 8. The number of hydrogen-bond acceptors (Lipinski definition) is 5. The molecule has 2 aromatic rings. The largest absolute Gasteiger partial charge is 0.491 e. The Balaban J connectivity index is 1.83. The lowest BCUT2D eigenvalue weighted by Crippen LogP contribution is -2.42. The number of hydrogen-bond donors (Lipinski definition) is 3. The number of ether oxygens (including phenoxy) is 1. The molecular weight excluding hydrogens is 363 g/mol. The number of guanidine groups is 1. The van der Waals surface area contributed by atoms with Crippen molar-refractivity contribution in [3.05, 3.63) is 47.9 Å². The van der Waals surface area contributed by atoms with E-state index in [4.69, 9.17) is 9.15 Å². The van der Waals surface area contributed by atoms with Crippen LogP contribution in [0.15, 0.2) is 39.9 Å². The fourth-order valence-corrected chi connectivity index (χ4v) is 2.22. The van der Waals surface area contributed by atoms with Crippen LogP contribution in [0.1, 0.15) is 39.3 Å². The highest BCUT2D eigenvalue weighted by Gasteiger charge is 2.19. The summed E-state index contributed by atoms with van der Waals surface area (Å²) in [4.78, 5) is 8.68. The Morgan fingerprint density at radius 1 is 1.29 bits per heavy atom. The van der Waals surface area contributed by atoms with Gasteiger partial charge in [0.05, 0.1) is 6.20 Å². The van der Waals surface area contributed by atoms with Gasteiger partial charge < -0.3 is 24.9 Å². The zero-order chi connectivity index (χ0) is 20.6. The molecular formula is C20H29FN4O3. The normalized spacial score (nSPS) is 13.3. The third-order valence-electron chi connectivity index (χ3n) is 3.77. The number of oxazole rings is 1. The highest BCUT2D eigenvalue weighted by atomic mass is 19.1. The van der Waals surface area contributed by atoms with E-state index in [1.807, 2.05) is 6.92 Å². The molecule has 7 nitrogen and oxygen atoms in total. The van der Waals surface area contributed by atoms with Gasteiger partial charge in [-0.2, -0.15) is 0 Å². The minimum absolute atomic E-state index is 0.0761. The highest BCUT2D eigenvalue weighted by molar-refractivity contribution is 5.79. The van der Waals surface area contributed by atoms with Crippen LogP contribution in [0.2, 0.25) is 0 Å². The van der Waals surface area contributed by atoms with Gasteiger partial charge in [0.25, 0.3) is 0 Å². The van der Waals surface area contributed by atoms with E-state index in [1.54, 1.807) is 6.20 Å². The van der Waals surface area contributed by atoms with Gasteiger partial charge in [0.2, 0.25) is 5.89 Å². The van der Waals surface area contributed by atoms with Gasteiger partial charge >= 0.3 is 0 Å². The summed E-state index contributed by atoms with van der Waals surface area (Å²) in [6, 6.07) is 5.65. The lowest BCUT2D eigenvalue weighted by molar-refractivity contribution is 0.110. The van der Waals surface area contributed by atoms with Crippen LogP contribution in [-0.2, 0) is 12.0 Å². The van der Waals surface area contributed by atoms with Crippen molar-refractivity contribution in [2.75, 3.05) is 19.7 Å². The van der Waals surface area contributed by atoms with Crippen LogP contribution in [0.3, 0.4) is 0 Å². The Morgan fingerprint density at radius 2 is 2.00 bits per heavy atom. The maximum Gasteiger partial charge on any atom is 0.216 e. The maximum absolute atomic E-state index is 12.9. The van der Waals surface area contributed by atoms with Gasteiger partial charge in [-0.1, -0.05) is 20.8 Å². The minimum Gasteiger partial charge on any atom is -0.491 e. The molecule has 2 rings (SSSR count). The molecule has 0 saturated carbocycles. The monoisotopic (exact) mass is 392 g/mol. The number of benzene rings is 1. The summed E-state index contributed by atoms with van der Waals surface area (Å²) in [5.74, 6) is 2.05. The standard InChI is InChI=1S/C20H29FN4O3/c1-5-22-19(25-12-18-23-11-17(28-18)20(2,3)4)24-10-15(26)13-27-16-8-6-14(21)7-9-16/h6-9,11,15,26H,5,10,12-13H2,1-4H3,(H2,22,24,25). The molecule has 0 saturated heterocycles. The predicted molar refractivity (Wildman–Crippen MR) is 106 cm³/mol. The molecule has 28 heavy (non-hydrogen) atoms. The fourth-order valence-electron chi connectivity index (χ4n) is 2.22. The van der Waals surface area contributed by atoms with Gasteiger partial charge in [-0.3, -0.25) is 0 Å². The number of aliphatic imine (C=N–C) groups is 1. The summed E-state index contributed by atoms with van der Waals surface area (Å²) >= 11 is 0. The van der Waals surface area contributed by atoms with Gasteiger partial charge in [-0.05, 0) is 31.2 Å². The van der Waals surface area contributed by atoms with E-state index in [1.165, 1.54) is 24.3 Å². The summed E-state index contributed by atoms with van der Waals surface area (Å²) < 4.78 is 24.0. The topological polar surface area (TPSA) is 91.9 Å². The molecule has 1 atom stereocenters. The van der Waals surface area contributed by atoms with E-state index < -0.39 is 6.10 Å². The van der Waals surface area contributed by atoms with Gasteiger partial charge in [-0.15, -0.1) is 0 Å². The molecule has 0 aliphatic carbocycles. The fraction of sp³-hybridized carbons (Fsp3) is 0.500. The van der Waals surface area contributed by atoms with Crippen molar-refractivity contribution in [2.45, 2.75) is 45.8 Å². The van der Waals surface area contributed by atoms with Crippen molar-refractivity contribution in [2.24, 2.45) is 4.99 Å². The van der Waals surface area contributed by atoms with Crippen molar-refractivity contribution in [3.8, 4) is 5.75 Å². The van der Waals surface area contributed by atoms with Crippen molar-refractivity contribution < 1.29 is 18.7 Å². The molecule has 1 heterocycles. The minimum atomic E-state index is -0.761. The van der Waals surface area contributed by atoms with Crippen LogP contribution in [-0.4, -0.2) is 41.9 Å². The molecule has 0 bridgehead atoms. The number of aliphatic hydroxyl groups excluding tert-OH is 1. The summed E-state index contributed by atoms with van der Waals surface area (Å²) in [7, 11) is 0. The van der Waals surface area contributed by atoms with Crippen molar-refractivity contribution in [1.29, 1.82) is 0 Å². The van der Waals surface area contributed by atoms with E-state index in [9.17, 15) is 9.50 Å². The van der Waals surface area contributed by atoms with Crippen LogP contribution in [0.25, 0.3) is 0 Å². The molecule has 1 aromatic heterocycles. The molecule has 154 valence electrons. The SMILES string of the molecule is CCNC(=NCc1ncc(C(C)(C)C)o1)NCC(O)COc1ccc(F)cc1. The maximum atomic E-state index is 12.9. The number of aromatic nitrogens is 1. The smallest absolute Gasteiger partial charge is 0.216 e. The zero-order valence-corrected chi connectivity index (χ0v) is 16.8. The Kier molecular flexibility index (Phi) is 7.80. The lowest BCUT2D eigenvalue weighted by atomic mass is 9.94. The third-order valence-corrected chi connectivity index (χ3v) is 3.77. The van der Waals surface area contributed by atoms with E-state index in [0.717, 1.165) is 5.76 Å². The number of halogens is 1. The van der Waals surface area contributed by atoms with Crippen LogP contribution in [0, 0.1) is 5.82 Å². The Labute approximate surface area is 165 Å². The molecule has 3 N–H and O–H groups in total. The van der Waals surface area contributed by atoms with E-state index >= 15 is 0 Å². The second-order valence-electron chi connectivity index (χ2n) is 7.36. The summed E-state index contributed by atoms with van der Waals surface area (Å²) in [6.45, 7) is 9.40. The van der Waals surface area contributed by atoms with Crippen LogP contribution in [0.5, 0.6) is 5.75 Å². The molecule has 1 unspecified atom stereocenters. The molecule has 0 spiro atoms. The van der Waals surface area contributed by atoms with Gasteiger partial charge in [0, 0.05) is 18.5 Å². The molecule has 0 fully saturated rings. The lowest BCUT2D eigenvalue weighted by Gasteiger charge is -2.16. The molecule has 1 aromatic carbocycles. The Hall–Kier alpha value is -2.61. The van der Waals surface area contributed by atoms with Crippen molar-refractivity contribution in [1.82, 2.24) is 15.6 Å². The summed E-state index contributed by atoms with van der Waals surface area (Å²) in [5.41, 5.74) is -0.105. The third kappa shape index (κ3) is 7.19. The van der Waals surface area contributed by atoms with Gasteiger partial charge in [-0.25, -0.2) is 14.4 Å². The second-order valence-corrected chi connectivity index (χ2v) is 7.36. The molecule has 0 radical (unpaired) electrons. The average Bonchev–Trinajstić information content (AvgIpc) is 3.13. The molecule has 0 aliphatic rings. The molecule has 8 heteroatoms. The Morgan fingerprint density at radius 3 is 2.61 bits per heavy atom. The summed E-state index contributed by atoms with van der Waals surface area (Å²) in [5, 5.41) is 16.2. The Bertz CT molecular complexity index is 754. The highest BCUT2D eigenvalue weighted by Crippen LogP contribution is 2.22. The van der Waals surface area contributed by atoms with Crippen LogP contribution < -0.4 is 15.4 Å². The molecule has 0 amide bonds. The number of nitrogens with one attached hydrogen (secondary N) is 2. The van der Waals surface area contributed by atoms with E-state index in [0.29, 0.717) is 24.1 Å². The van der Waals surface area contributed by atoms with Gasteiger partial charge in [0.15, 0.2) is 5.96 Å². The van der Waals surface area contributed by atoms with E-state index in [-0.39, 0.29) is 30.9 Å². The van der Waals surface area contributed by atoms with E-state index in [2.05, 4.69) is 41.4 Å². The molecule has 0 aliphatic heterocycles. The van der Waals surface area contributed by atoms with Crippen molar-refractivity contribution in [3.63, 3.8) is 0 Å². The zero-order valence-electron chi connectivity index (χ0n) is 16.8. The second kappa shape index (κ2) is 10.1. The number of nitrogens with zero attached hydrogens (tertiary/aromatic N) is 2. The quantitative estimate of drug-likeness (QED) is 0.472. The van der Waals surface area contributed by atoms with Crippen LogP contribution >= 0.6 is 0 Å².